The van der Waals surface area contributed by atoms with Gasteiger partial charge in [0.25, 0.3) is 5.91 Å². The van der Waals surface area contributed by atoms with Gasteiger partial charge in [0, 0.05) is 5.69 Å². The molecule has 0 fully saturated rings. The van der Waals surface area contributed by atoms with E-state index in [9.17, 15) is 4.79 Å². The standard InChI is InChI=1S/C15H17N3O3/c1-2-20-13-7-5-12(6-8-13)16-11-15(19)18-17-10-14-4-3-9-21-14/h3-10,16H,2,11H2,1H3,(H,18,19)/b17-10+. The molecule has 6 heteroatoms. The summed E-state index contributed by atoms with van der Waals surface area (Å²) in [4.78, 5) is 11.6. The van der Waals surface area contributed by atoms with Crippen molar-refractivity contribution in [3.63, 3.8) is 0 Å². The molecule has 0 aliphatic heterocycles. The van der Waals surface area contributed by atoms with E-state index in [0.29, 0.717) is 12.4 Å². The fourth-order valence-corrected chi connectivity index (χ4v) is 1.59. The summed E-state index contributed by atoms with van der Waals surface area (Å²) in [6, 6.07) is 10.9. The van der Waals surface area contributed by atoms with E-state index in [2.05, 4.69) is 15.8 Å². The van der Waals surface area contributed by atoms with E-state index in [-0.39, 0.29) is 12.5 Å². The maximum Gasteiger partial charge on any atom is 0.259 e. The monoisotopic (exact) mass is 287 g/mol. The van der Waals surface area contributed by atoms with Crippen LogP contribution in [0.2, 0.25) is 0 Å². The van der Waals surface area contributed by atoms with Gasteiger partial charge in [-0.3, -0.25) is 4.79 Å². The van der Waals surface area contributed by atoms with Crippen LogP contribution in [0.4, 0.5) is 5.69 Å². The normalized spacial score (nSPS) is 10.5. The van der Waals surface area contributed by atoms with Crippen molar-refractivity contribution in [3.8, 4) is 5.75 Å². The Bertz CT molecular complexity index is 577. The van der Waals surface area contributed by atoms with Gasteiger partial charge in [-0.05, 0) is 43.3 Å². The molecule has 2 N–H and O–H groups in total. The van der Waals surface area contributed by atoms with Gasteiger partial charge in [-0.1, -0.05) is 0 Å². The molecule has 110 valence electrons. The SMILES string of the molecule is CCOc1ccc(NCC(=O)N/N=C/c2ccco2)cc1. The Kier molecular flexibility index (Phi) is 5.40. The molecule has 0 saturated carbocycles. The van der Waals surface area contributed by atoms with Gasteiger partial charge in [0.15, 0.2) is 0 Å². The summed E-state index contributed by atoms with van der Waals surface area (Å²) in [5.41, 5.74) is 3.24. The summed E-state index contributed by atoms with van der Waals surface area (Å²) in [5.74, 6) is 1.14. The van der Waals surface area contributed by atoms with Gasteiger partial charge in [0.2, 0.25) is 0 Å². The van der Waals surface area contributed by atoms with E-state index in [0.717, 1.165) is 11.4 Å². The van der Waals surface area contributed by atoms with Gasteiger partial charge < -0.3 is 14.5 Å². The van der Waals surface area contributed by atoms with Crippen LogP contribution in [0.5, 0.6) is 5.75 Å². The average Bonchev–Trinajstić information content (AvgIpc) is 3.00. The average molecular weight is 287 g/mol. The lowest BCUT2D eigenvalue weighted by molar-refractivity contribution is -0.119. The van der Waals surface area contributed by atoms with Crippen LogP contribution in [-0.2, 0) is 4.79 Å². The molecule has 1 heterocycles. The number of furan rings is 1. The minimum Gasteiger partial charge on any atom is -0.494 e. The van der Waals surface area contributed by atoms with Gasteiger partial charge >= 0.3 is 0 Å². The first-order valence-electron chi connectivity index (χ1n) is 6.60. The molecular formula is C15H17N3O3. The smallest absolute Gasteiger partial charge is 0.259 e. The van der Waals surface area contributed by atoms with E-state index < -0.39 is 0 Å². The zero-order chi connectivity index (χ0) is 14.9. The van der Waals surface area contributed by atoms with Crippen LogP contribution in [0.3, 0.4) is 0 Å². The number of rotatable bonds is 7. The lowest BCUT2D eigenvalue weighted by Gasteiger charge is -2.07. The Hall–Kier alpha value is -2.76. The molecular weight excluding hydrogens is 270 g/mol. The number of hydrazone groups is 1. The maximum absolute atomic E-state index is 11.6. The molecule has 2 rings (SSSR count). The van der Waals surface area contributed by atoms with Crippen molar-refractivity contribution in [2.45, 2.75) is 6.92 Å². The Morgan fingerprint density at radius 3 is 2.81 bits per heavy atom. The summed E-state index contributed by atoms with van der Waals surface area (Å²) >= 11 is 0. The minimum atomic E-state index is -0.244. The van der Waals surface area contributed by atoms with Crippen LogP contribution >= 0.6 is 0 Å². The maximum atomic E-state index is 11.6. The van der Waals surface area contributed by atoms with Crippen LogP contribution in [0, 0.1) is 0 Å². The second kappa shape index (κ2) is 7.74. The molecule has 0 atom stereocenters. The van der Waals surface area contributed by atoms with Crippen LogP contribution < -0.4 is 15.5 Å². The van der Waals surface area contributed by atoms with E-state index in [1.807, 2.05) is 31.2 Å². The van der Waals surface area contributed by atoms with Crippen molar-refractivity contribution in [1.29, 1.82) is 0 Å². The highest BCUT2D eigenvalue weighted by Crippen LogP contribution is 2.15. The summed E-state index contributed by atoms with van der Waals surface area (Å²) in [6.45, 7) is 2.69. The molecule has 0 aliphatic rings. The largest absolute Gasteiger partial charge is 0.494 e. The third kappa shape index (κ3) is 5.02. The quantitative estimate of drug-likeness (QED) is 0.605. The molecule has 2 aromatic rings. The van der Waals surface area contributed by atoms with Crippen LogP contribution in [0.15, 0.2) is 52.2 Å². The van der Waals surface area contributed by atoms with Gasteiger partial charge in [0.1, 0.15) is 11.5 Å². The minimum absolute atomic E-state index is 0.128. The first-order valence-corrected chi connectivity index (χ1v) is 6.60. The van der Waals surface area contributed by atoms with E-state index in [1.165, 1.54) is 12.5 Å². The van der Waals surface area contributed by atoms with Crippen LogP contribution in [-0.4, -0.2) is 25.3 Å². The molecule has 1 aromatic carbocycles. The van der Waals surface area contributed by atoms with Crippen molar-refractivity contribution < 1.29 is 13.9 Å². The number of benzene rings is 1. The predicted molar refractivity (Wildman–Crippen MR) is 80.5 cm³/mol. The number of hydrogen-bond acceptors (Lipinski definition) is 5. The molecule has 21 heavy (non-hydrogen) atoms. The fourth-order valence-electron chi connectivity index (χ4n) is 1.59. The molecule has 6 nitrogen and oxygen atoms in total. The highest BCUT2D eigenvalue weighted by Gasteiger charge is 2.00. The summed E-state index contributed by atoms with van der Waals surface area (Å²) in [5, 5.41) is 6.78. The number of nitrogens with zero attached hydrogens (tertiary/aromatic N) is 1. The Balaban J connectivity index is 1.73. The molecule has 1 amide bonds. The number of hydrogen-bond donors (Lipinski definition) is 2. The molecule has 0 saturated heterocycles. The molecule has 0 aliphatic carbocycles. The highest BCUT2D eigenvalue weighted by atomic mass is 16.5. The predicted octanol–water partition coefficient (Wildman–Crippen LogP) is 2.24. The van der Waals surface area contributed by atoms with Crippen molar-refractivity contribution in [3.05, 3.63) is 48.4 Å². The Labute approximate surface area is 122 Å². The van der Waals surface area contributed by atoms with Crippen molar-refractivity contribution in [2.75, 3.05) is 18.5 Å². The van der Waals surface area contributed by atoms with Crippen LogP contribution in [0.25, 0.3) is 0 Å². The van der Waals surface area contributed by atoms with Gasteiger partial charge in [-0.2, -0.15) is 5.10 Å². The third-order valence-corrected chi connectivity index (χ3v) is 2.54. The first kappa shape index (κ1) is 14.6. The molecule has 0 radical (unpaired) electrons. The number of anilines is 1. The van der Waals surface area contributed by atoms with Crippen LogP contribution in [0.1, 0.15) is 12.7 Å². The van der Waals surface area contributed by atoms with E-state index in [4.69, 9.17) is 9.15 Å². The summed E-state index contributed by atoms with van der Waals surface area (Å²) < 4.78 is 10.4. The third-order valence-electron chi connectivity index (χ3n) is 2.54. The van der Waals surface area contributed by atoms with Crippen molar-refractivity contribution >= 4 is 17.8 Å². The number of carbonyl (C=O) groups excluding carboxylic acids is 1. The first-order chi connectivity index (χ1) is 10.3. The van der Waals surface area contributed by atoms with Gasteiger partial charge in [-0.25, -0.2) is 5.43 Å². The fraction of sp³-hybridized carbons (Fsp3) is 0.200. The number of amides is 1. The summed E-state index contributed by atoms with van der Waals surface area (Å²) in [6.07, 6.45) is 2.98. The topological polar surface area (TPSA) is 75.9 Å². The number of carbonyl (C=O) groups is 1. The second-order valence-corrected chi connectivity index (χ2v) is 4.12. The van der Waals surface area contributed by atoms with Gasteiger partial charge in [0.05, 0.1) is 25.6 Å². The second-order valence-electron chi connectivity index (χ2n) is 4.12. The van der Waals surface area contributed by atoms with E-state index >= 15 is 0 Å². The number of ether oxygens (including phenoxy) is 1. The Morgan fingerprint density at radius 2 is 2.14 bits per heavy atom. The Morgan fingerprint density at radius 1 is 1.33 bits per heavy atom. The molecule has 0 spiro atoms. The summed E-state index contributed by atoms with van der Waals surface area (Å²) in [7, 11) is 0. The molecule has 0 bridgehead atoms. The number of nitrogens with one attached hydrogen (secondary N) is 2. The van der Waals surface area contributed by atoms with Crippen molar-refractivity contribution in [2.24, 2.45) is 5.10 Å². The molecule has 1 aromatic heterocycles. The van der Waals surface area contributed by atoms with Crippen molar-refractivity contribution in [1.82, 2.24) is 5.43 Å². The zero-order valence-electron chi connectivity index (χ0n) is 11.7. The zero-order valence-corrected chi connectivity index (χ0v) is 11.7. The molecule has 0 unspecified atom stereocenters. The lowest BCUT2D eigenvalue weighted by Crippen LogP contribution is -2.25. The highest BCUT2D eigenvalue weighted by molar-refractivity contribution is 5.83. The van der Waals surface area contributed by atoms with Gasteiger partial charge in [-0.15, -0.1) is 0 Å². The van der Waals surface area contributed by atoms with E-state index in [1.54, 1.807) is 12.1 Å². The lowest BCUT2D eigenvalue weighted by atomic mass is 10.3.